The Morgan fingerprint density at radius 1 is 1.32 bits per heavy atom. The van der Waals surface area contributed by atoms with Gasteiger partial charge < -0.3 is 20.7 Å². The van der Waals surface area contributed by atoms with Crippen LogP contribution in [-0.2, 0) is 9.53 Å². The van der Waals surface area contributed by atoms with E-state index in [1.54, 1.807) is 24.3 Å². The van der Waals surface area contributed by atoms with Gasteiger partial charge in [0, 0.05) is 37.4 Å². The van der Waals surface area contributed by atoms with Gasteiger partial charge in [-0.15, -0.1) is 0 Å². The van der Waals surface area contributed by atoms with Gasteiger partial charge in [-0.2, -0.15) is 13.2 Å². The van der Waals surface area contributed by atoms with E-state index >= 15 is 0 Å². The number of benzene rings is 1. The van der Waals surface area contributed by atoms with Gasteiger partial charge in [-0.1, -0.05) is 12.1 Å². The Balaban J connectivity index is 1.73. The molecule has 1 aromatic carbocycles. The first kappa shape index (κ1) is 17.4. The van der Waals surface area contributed by atoms with Gasteiger partial charge in [0.1, 0.15) is 0 Å². The van der Waals surface area contributed by atoms with Gasteiger partial charge >= 0.3 is 6.18 Å². The maximum atomic E-state index is 13.4. The van der Waals surface area contributed by atoms with E-state index in [0.717, 1.165) is 24.5 Å². The SMILES string of the molecule is O=C(Nc1ccc(C2CNCCO2)cc1)[C@]1(C(F)(F)F)C=NC=CN1. The first-order valence-corrected chi connectivity index (χ1v) is 7.70. The van der Waals surface area contributed by atoms with Crippen LogP contribution in [0.2, 0.25) is 0 Å². The summed E-state index contributed by atoms with van der Waals surface area (Å²) in [6, 6.07) is 6.53. The van der Waals surface area contributed by atoms with Crippen molar-refractivity contribution < 1.29 is 22.7 Å². The van der Waals surface area contributed by atoms with Crippen molar-refractivity contribution in [3.63, 3.8) is 0 Å². The molecule has 0 saturated carbocycles. The van der Waals surface area contributed by atoms with Crippen LogP contribution in [0.15, 0.2) is 41.7 Å². The molecule has 0 aromatic heterocycles. The molecule has 0 aliphatic carbocycles. The summed E-state index contributed by atoms with van der Waals surface area (Å²) in [5.41, 5.74) is -1.75. The quantitative estimate of drug-likeness (QED) is 0.773. The smallest absolute Gasteiger partial charge is 0.371 e. The van der Waals surface area contributed by atoms with Crippen LogP contribution in [0.25, 0.3) is 0 Å². The molecule has 25 heavy (non-hydrogen) atoms. The van der Waals surface area contributed by atoms with Crippen LogP contribution < -0.4 is 16.0 Å². The number of ether oxygens (including phenoxy) is 1. The van der Waals surface area contributed by atoms with Gasteiger partial charge in [-0.25, -0.2) is 0 Å². The zero-order chi connectivity index (χ0) is 17.9. The second-order valence-corrected chi connectivity index (χ2v) is 5.68. The van der Waals surface area contributed by atoms with Crippen LogP contribution in [-0.4, -0.2) is 43.5 Å². The number of morpholine rings is 1. The Hall–Kier alpha value is -2.39. The summed E-state index contributed by atoms with van der Waals surface area (Å²) < 4.78 is 45.8. The van der Waals surface area contributed by atoms with Gasteiger partial charge in [0.15, 0.2) is 0 Å². The Bertz CT molecular complexity index is 682. The molecule has 2 aliphatic rings. The molecule has 2 heterocycles. The molecular formula is C16H17F3N4O2. The number of carbonyl (C=O) groups is 1. The van der Waals surface area contributed by atoms with E-state index < -0.39 is 17.6 Å². The summed E-state index contributed by atoms with van der Waals surface area (Å²) in [4.78, 5) is 15.7. The number of nitrogens with one attached hydrogen (secondary N) is 3. The zero-order valence-electron chi connectivity index (χ0n) is 13.1. The van der Waals surface area contributed by atoms with E-state index in [9.17, 15) is 18.0 Å². The fourth-order valence-corrected chi connectivity index (χ4v) is 2.60. The van der Waals surface area contributed by atoms with Crippen molar-refractivity contribution in [1.29, 1.82) is 0 Å². The minimum Gasteiger partial charge on any atom is -0.371 e. The number of aliphatic imine (C=N–C) groups is 1. The topological polar surface area (TPSA) is 74.8 Å². The maximum absolute atomic E-state index is 13.4. The Morgan fingerprint density at radius 2 is 2.08 bits per heavy atom. The Morgan fingerprint density at radius 3 is 2.64 bits per heavy atom. The summed E-state index contributed by atoms with van der Waals surface area (Å²) in [7, 11) is 0. The van der Waals surface area contributed by atoms with E-state index in [-0.39, 0.29) is 11.8 Å². The standard InChI is InChI=1S/C16H17F3N4O2/c17-16(18,19)15(10-21-5-6-22-15)14(24)23-12-3-1-11(2-4-12)13-9-20-7-8-25-13/h1-6,10,13,20,22H,7-9H2,(H,23,24)/t13?,15-/m0/s1. The number of hydrogen-bond acceptors (Lipinski definition) is 5. The van der Waals surface area contributed by atoms with Crippen LogP contribution in [0, 0.1) is 0 Å². The molecule has 1 aromatic rings. The molecule has 1 unspecified atom stereocenters. The average molecular weight is 354 g/mol. The normalized spacial score (nSPS) is 26.1. The molecule has 9 heteroatoms. The summed E-state index contributed by atoms with van der Waals surface area (Å²) in [6.45, 7) is 2.04. The largest absolute Gasteiger partial charge is 0.425 e. The van der Waals surface area contributed by atoms with Crippen molar-refractivity contribution in [1.82, 2.24) is 10.6 Å². The number of alkyl halides is 3. The van der Waals surface area contributed by atoms with Crippen molar-refractivity contribution in [2.24, 2.45) is 4.99 Å². The lowest BCUT2D eigenvalue weighted by molar-refractivity contribution is -0.176. The third-order valence-electron chi connectivity index (χ3n) is 4.01. The highest BCUT2D eigenvalue weighted by molar-refractivity contribution is 6.11. The molecule has 0 bridgehead atoms. The fraction of sp³-hybridized carbons (Fsp3) is 0.375. The highest BCUT2D eigenvalue weighted by Gasteiger charge is 2.60. The number of anilines is 1. The van der Waals surface area contributed by atoms with Gasteiger partial charge in [0.2, 0.25) is 5.54 Å². The predicted molar refractivity (Wildman–Crippen MR) is 86.2 cm³/mol. The van der Waals surface area contributed by atoms with Crippen LogP contribution in [0.1, 0.15) is 11.7 Å². The van der Waals surface area contributed by atoms with Gasteiger partial charge in [-0.3, -0.25) is 9.79 Å². The van der Waals surface area contributed by atoms with E-state index in [2.05, 4.69) is 20.9 Å². The molecule has 0 radical (unpaired) electrons. The molecule has 6 nitrogen and oxygen atoms in total. The Kier molecular flexibility index (Phi) is 4.78. The second-order valence-electron chi connectivity index (χ2n) is 5.68. The number of halogens is 3. The monoisotopic (exact) mass is 354 g/mol. The fourth-order valence-electron chi connectivity index (χ4n) is 2.60. The van der Waals surface area contributed by atoms with Gasteiger partial charge in [0.25, 0.3) is 5.91 Å². The average Bonchev–Trinajstić information content (AvgIpc) is 2.63. The number of amides is 1. The van der Waals surface area contributed by atoms with E-state index in [1.807, 2.05) is 0 Å². The molecule has 1 fully saturated rings. The third-order valence-corrected chi connectivity index (χ3v) is 4.01. The molecule has 2 atom stereocenters. The highest BCUT2D eigenvalue weighted by Crippen LogP contribution is 2.32. The summed E-state index contributed by atoms with van der Waals surface area (Å²) in [5, 5.41) is 7.54. The molecule has 0 spiro atoms. The van der Waals surface area contributed by atoms with E-state index in [4.69, 9.17) is 4.74 Å². The van der Waals surface area contributed by atoms with Crippen LogP contribution >= 0.6 is 0 Å². The van der Waals surface area contributed by atoms with Crippen LogP contribution in [0.3, 0.4) is 0 Å². The molecule has 3 rings (SSSR count). The van der Waals surface area contributed by atoms with Crippen LogP contribution in [0.5, 0.6) is 0 Å². The van der Waals surface area contributed by atoms with Crippen LogP contribution in [0.4, 0.5) is 18.9 Å². The molecular weight excluding hydrogens is 337 g/mol. The van der Waals surface area contributed by atoms with Crippen molar-refractivity contribution in [3.05, 3.63) is 42.2 Å². The number of nitrogens with zero attached hydrogens (tertiary/aromatic N) is 1. The predicted octanol–water partition coefficient (Wildman–Crippen LogP) is 1.73. The minimum absolute atomic E-state index is 0.114. The summed E-state index contributed by atoms with van der Waals surface area (Å²) in [6.07, 6.45) is -2.27. The van der Waals surface area contributed by atoms with Gasteiger partial charge in [0.05, 0.1) is 12.7 Å². The Labute approximate surface area is 142 Å². The first-order chi connectivity index (χ1) is 11.9. The third kappa shape index (κ3) is 3.52. The molecule has 1 saturated heterocycles. The minimum atomic E-state index is -4.84. The highest BCUT2D eigenvalue weighted by atomic mass is 19.4. The first-order valence-electron chi connectivity index (χ1n) is 7.70. The maximum Gasteiger partial charge on any atom is 0.425 e. The molecule has 1 amide bonds. The molecule has 2 aliphatic heterocycles. The number of hydrogen-bond donors (Lipinski definition) is 3. The lowest BCUT2D eigenvalue weighted by atomic mass is 9.98. The van der Waals surface area contributed by atoms with Crippen molar-refractivity contribution >= 4 is 17.8 Å². The van der Waals surface area contributed by atoms with Gasteiger partial charge in [-0.05, 0) is 17.7 Å². The lowest BCUT2D eigenvalue weighted by Gasteiger charge is -2.32. The van der Waals surface area contributed by atoms with Crippen molar-refractivity contribution in [2.75, 3.05) is 25.0 Å². The molecule has 134 valence electrons. The molecule has 3 N–H and O–H groups in total. The summed E-state index contributed by atoms with van der Waals surface area (Å²) in [5.74, 6) is -1.25. The van der Waals surface area contributed by atoms with Crippen molar-refractivity contribution in [3.8, 4) is 0 Å². The number of rotatable bonds is 3. The zero-order valence-corrected chi connectivity index (χ0v) is 13.1. The summed E-state index contributed by atoms with van der Waals surface area (Å²) >= 11 is 0. The number of carbonyl (C=O) groups excluding carboxylic acids is 1. The second kappa shape index (κ2) is 6.85. The lowest BCUT2D eigenvalue weighted by Crippen LogP contribution is -2.64. The van der Waals surface area contributed by atoms with E-state index in [1.165, 1.54) is 0 Å². The van der Waals surface area contributed by atoms with E-state index in [0.29, 0.717) is 19.4 Å². The van der Waals surface area contributed by atoms with Crippen molar-refractivity contribution in [2.45, 2.75) is 17.8 Å².